The van der Waals surface area contributed by atoms with E-state index < -0.39 is 22.4 Å². The van der Waals surface area contributed by atoms with E-state index in [1.165, 1.54) is 30.6 Å². The van der Waals surface area contributed by atoms with Crippen LogP contribution in [0.5, 0.6) is 5.75 Å². The fourth-order valence-corrected chi connectivity index (χ4v) is 6.62. The van der Waals surface area contributed by atoms with Gasteiger partial charge in [-0.15, -0.1) is 11.3 Å². The lowest BCUT2D eigenvalue weighted by Crippen LogP contribution is -2.40. The standard InChI is InChI=1S/C29H34F3N3O4S2/c1-38-17-16-35-14-11-20(12-15-35)34-25-7-4-6-22-23(19-29(30,31)32)27(40-28(22)25)8-5-13-33-24-10-9-21(41(3,36)37)18-26(24)39-2/h4,6-7,9-10,18,20,33-34H,11-17,19H2,1-3H3. The lowest BCUT2D eigenvalue weighted by atomic mass is 10.0. The molecule has 2 aromatic carbocycles. The number of benzene rings is 2. The Morgan fingerprint density at radius 3 is 2.54 bits per heavy atom. The minimum Gasteiger partial charge on any atom is -0.495 e. The minimum absolute atomic E-state index is 0.120. The molecule has 0 unspecified atom stereocenters. The number of thiophene rings is 1. The molecule has 1 saturated heterocycles. The van der Waals surface area contributed by atoms with E-state index in [1.54, 1.807) is 25.3 Å². The van der Waals surface area contributed by atoms with Crippen LogP contribution in [0.2, 0.25) is 0 Å². The Bertz CT molecular complexity index is 1520. The third-order valence-corrected chi connectivity index (χ3v) is 9.23. The number of ether oxygens (including phenoxy) is 2. The summed E-state index contributed by atoms with van der Waals surface area (Å²) in [6.07, 6.45) is -2.46. The first-order valence-electron chi connectivity index (χ1n) is 13.2. The molecule has 1 aliphatic rings. The lowest BCUT2D eigenvalue weighted by molar-refractivity contribution is -0.126. The Morgan fingerprint density at radius 2 is 1.88 bits per heavy atom. The number of likely N-dealkylation sites (tertiary alicyclic amines) is 1. The number of nitrogens with one attached hydrogen (secondary N) is 2. The highest BCUT2D eigenvalue weighted by Crippen LogP contribution is 2.39. The van der Waals surface area contributed by atoms with Gasteiger partial charge in [-0.3, -0.25) is 0 Å². The first-order valence-corrected chi connectivity index (χ1v) is 15.9. The molecule has 0 aliphatic carbocycles. The maximum absolute atomic E-state index is 13.6. The van der Waals surface area contributed by atoms with E-state index in [0.717, 1.165) is 49.1 Å². The van der Waals surface area contributed by atoms with Crippen molar-refractivity contribution in [3.05, 3.63) is 46.8 Å². The summed E-state index contributed by atoms with van der Waals surface area (Å²) in [7, 11) is -0.286. The van der Waals surface area contributed by atoms with Crippen LogP contribution in [0.25, 0.3) is 10.1 Å². The molecule has 2 heterocycles. The first-order chi connectivity index (χ1) is 19.5. The van der Waals surface area contributed by atoms with E-state index in [-0.39, 0.29) is 23.0 Å². The van der Waals surface area contributed by atoms with E-state index in [2.05, 4.69) is 27.4 Å². The number of hydrogen-bond donors (Lipinski definition) is 2. The van der Waals surface area contributed by atoms with Crippen LogP contribution in [0.15, 0.2) is 41.3 Å². The molecule has 1 aromatic heterocycles. The van der Waals surface area contributed by atoms with Crippen molar-refractivity contribution in [3.63, 3.8) is 0 Å². The molecule has 0 radical (unpaired) electrons. The summed E-state index contributed by atoms with van der Waals surface area (Å²) >= 11 is 1.27. The second-order valence-corrected chi connectivity index (χ2v) is 13.0. The van der Waals surface area contributed by atoms with Gasteiger partial charge in [-0.05, 0) is 42.0 Å². The Morgan fingerprint density at radius 1 is 1.12 bits per heavy atom. The molecule has 0 amide bonds. The van der Waals surface area contributed by atoms with Crippen molar-refractivity contribution in [3.8, 4) is 17.6 Å². The first kappa shape index (κ1) is 31.0. The largest absolute Gasteiger partial charge is 0.495 e. The summed E-state index contributed by atoms with van der Waals surface area (Å²) < 4.78 is 75.7. The van der Waals surface area contributed by atoms with Crippen LogP contribution in [0.3, 0.4) is 0 Å². The molecule has 4 rings (SSSR count). The van der Waals surface area contributed by atoms with Crippen LogP contribution >= 0.6 is 11.3 Å². The smallest absolute Gasteiger partial charge is 0.393 e. The number of methoxy groups -OCH3 is 2. The van der Waals surface area contributed by atoms with Crippen molar-refractivity contribution < 1.29 is 31.1 Å². The molecule has 2 N–H and O–H groups in total. The van der Waals surface area contributed by atoms with Crippen LogP contribution < -0.4 is 15.4 Å². The van der Waals surface area contributed by atoms with Gasteiger partial charge in [0.15, 0.2) is 9.84 Å². The van der Waals surface area contributed by atoms with E-state index in [0.29, 0.717) is 28.3 Å². The average molecular weight is 610 g/mol. The molecule has 3 aromatic rings. The maximum atomic E-state index is 13.6. The summed E-state index contributed by atoms with van der Waals surface area (Å²) in [6, 6.07) is 10.1. The molecule has 0 spiro atoms. The third-order valence-electron chi connectivity index (χ3n) is 6.92. The van der Waals surface area contributed by atoms with Crippen molar-refractivity contribution in [2.45, 2.75) is 36.4 Å². The van der Waals surface area contributed by atoms with Gasteiger partial charge in [0.25, 0.3) is 0 Å². The molecular formula is C29H34F3N3O4S2. The van der Waals surface area contributed by atoms with Crippen LogP contribution in [-0.2, 0) is 21.0 Å². The zero-order chi connectivity index (χ0) is 29.6. The number of rotatable bonds is 10. The van der Waals surface area contributed by atoms with Crippen molar-refractivity contribution in [1.82, 2.24) is 4.90 Å². The van der Waals surface area contributed by atoms with Crippen LogP contribution in [-0.4, -0.2) is 78.8 Å². The van der Waals surface area contributed by atoms with Crippen LogP contribution in [0, 0.1) is 11.8 Å². The third kappa shape index (κ3) is 8.29. The number of nitrogens with zero attached hydrogens (tertiary/aromatic N) is 1. The van der Waals surface area contributed by atoms with E-state index in [9.17, 15) is 21.6 Å². The number of hydrogen-bond acceptors (Lipinski definition) is 8. The van der Waals surface area contributed by atoms with Gasteiger partial charge in [0.1, 0.15) is 5.75 Å². The summed E-state index contributed by atoms with van der Waals surface area (Å²) in [5.41, 5.74) is 1.53. The van der Waals surface area contributed by atoms with Crippen LogP contribution in [0.1, 0.15) is 23.3 Å². The Kier molecular flexibility index (Phi) is 10.1. The van der Waals surface area contributed by atoms with Gasteiger partial charge >= 0.3 is 6.18 Å². The Balaban J connectivity index is 1.54. The van der Waals surface area contributed by atoms with Gasteiger partial charge in [-0.25, -0.2) is 8.42 Å². The normalized spacial score (nSPS) is 15.0. The summed E-state index contributed by atoms with van der Waals surface area (Å²) in [6.45, 7) is 3.58. The topological polar surface area (TPSA) is 79.9 Å². The minimum atomic E-state index is -4.38. The van der Waals surface area contributed by atoms with Gasteiger partial charge in [0.05, 0.1) is 52.5 Å². The van der Waals surface area contributed by atoms with Crippen molar-refractivity contribution in [1.29, 1.82) is 0 Å². The van der Waals surface area contributed by atoms with Gasteiger partial charge < -0.3 is 25.0 Å². The lowest BCUT2D eigenvalue weighted by Gasteiger charge is -2.32. The number of fused-ring (bicyclic) bond motifs is 1. The summed E-state index contributed by atoms with van der Waals surface area (Å²) in [4.78, 5) is 2.85. The summed E-state index contributed by atoms with van der Waals surface area (Å²) in [5, 5.41) is 7.20. The van der Waals surface area contributed by atoms with Crippen molar-refractivity contribution in [2.75, 3.05) is 63.9 Å². The quantitative estimate of drug-likeness (QED) is 0.298. The monoisotopic (exact) mass is 609 g/mol. The predicted octanol–water partition coefficient (Wildman–Crippen LogP) is 5.40. The Hall–Kier alpha value is -2.98. The summed E-state index contributed by atoms with van der Waals surface area (Å²) in [5.74, 6) is 6.20. The van der Waals surface area contributed by atoms with Gasteiger partial charge in [0, 0.05) is 45.1 Å². The fraction of sp³-hybridized carbons (Fsp3) is 0.448. The number of sulfone groups is 1. The number of halogens is 3. The fourth-order valence-electron chi connectivity index (χ4n) is 4.81. The number of piperidine rings is 1. The number of anilines is 2. The molecule has 1 aliphatic heterocycles. The second-order valence-electron chi connectivity index (χ2n) is 9.93. The van der Waals surface area contributed by atoms with E-state index in [1.807, 2.05) is 6.07 Å². The molecule has 12 heteroatoms. The van der Waals surface area contributed by atoms with Gasteiger partial charge in [-0.2, -0.15) is 13.2 Å². The van der Waals surface area contributed by atoms with E-state index >= 15 is 0 Å². The zero-order valence-electron chi connectivity index (χ0n) is 23.2. The van der Waals surface area contributed by atoms with Gasteiger partial charge in [-0.1, -0.05) is 24.0 Å². The zero-order valence-corrected chi connectivity index (χ0v) is 24.9. The molecule has 0 saturated carbocycles. The number of alkyl halides is 3. The SMILES string of the molecule is COCCN1CCC(Nc2cccc3c(CC(F)(F)F)c(C#CCNc4ccc(S(C)(=O)=O)cc4OC)sc23)CC1. The molecule has 1 fully saturated rings. The van der Waals surface area contributed by atoms with E-state index in [4.69, 9.17) is 9.47 Å². The van der Waals surface area contributed by atoms with Gasteiger partial charge in [0.2, 0.25) is 0 Å². The molecule has 7 nitrogen and oxygen atoms in total. The van der Waals surface area contributed by atoms with Crippen molar-refractivity contribution in [2.24, 2.45) is 0 Å². The van der Waals surface area contributed by atoms with Crippen LogP contribution in [0.4, 0.5) is 24.5 Å². The maximum Gasteiger partial charge on any atom is 0.393 e. The predicted molar refractivity (Wildman–Crippen MR) is 158 cm³/mol. The highest BCUT2D eigenvalue weighted by Gasteiger charge is 2.31. The molecule has 41 heavy (non-hydrogen) atoms. The molecule has 0 bridgehead atoms. The second kappa shape index (κ2) is 13.3. The molecular weight excluding hydrogens is 575 g/mol. The highest BCUT2D eigenvalue weighted by molar-refractivity contribution is 7.90. The average Bonchev–Trinajstić information content (AvgIpc) is 3.26. The molecule has 222 valence electrons. The highest BCUT2D eigenvalue weighted by atomic mass is 32.2. The van der Waals surface area contributed by atoms with Crippen molar-refractivity contribution >= 4 is 42.6 Å². The molecule has 0 atom stereocenters. The Labute approximate surface area is 242 Å².